The fourth-order valence-electron chi connectivity index (χ4n) is 0.758. The number of aliphatic hydroxyl groups excluding tert-OH is 1. The molecule has 0 radical (unpaired) electrons. The molecule has 0 aliphatic heterocycles. The first-order valence-corrected chi connectivity index (χ1v) is 4.23. The smallest absolute Gasteiger partial charge is 0.318 e. The fourth-order valence-corrected chi connectivity index (χ4v) is 0.758. The van der Waals surface area contributed by atoms with Gasteiger partial charge in [0.2, 0.25) is 0 Å². The van der Waals surface area contributed by atoms with E-state index in [0.29, 0.717) is 0 Å². The molecule has 0 aliphatic rings. The van der Waals surface area contributed by atoms with Crippen LogP contribution in [-0.2, 0) is 9.53 Å². The van der Waals surface area contributed by atoms with E-state index in [0.717, 1.165) is 0 Å². The number of nitrogens with zero attached hydrogens (tertiary/aromatic N) is 3. The number of aliphatic hydroxyl groups is 1. The number of hydrogen-bond donors (Lipinski definition) is 1. The normalized spacial score (nSPS) is 15.2. The van der Waals surface area contributed by atoms with Crippen molar-refractivity contribution in [2.45, 2.75) is 45.4 Å². The Hall–Kier alpha value is -1.26. The van der Waals surface area contributed by atoms with Gasteiger partial charge in [0, 0.05) is 4.91 Å². The summed E-state index contributed by atoms with van der Waals surface area (Å²) < 4.78 is 4.95. The first kappa shape index (κ1) is 12.7. The molecule has 0 unspecified atom stereocenters. The summed E-state index contributed by atoms with van der Waals surface area (Å²) >= 11 is 0. The van der Waals surface area contributed by atoms with Crippen LogP contribution in [0, 0.1) is 0 Å². The van der Waals surface area contributed by atoms with Crippen molar-refractivity contribution in [1.29, 1.82) is 0 Å². The van der Waals surface area contributed by atoms with Gasteiger partial charge in [-0.05, 0) is 33.2 Å². The average Bonchev–Trinajstić information content (AvgIpc) is 1.95. The molecule has 14 heavy (non-hydrogen) atoms. The number of rotatable bonds is 3. The van der Waals surface area contributed by atoms with Crippen molar-refractivity contribution in [3.8, 4) is 0 Å². The van der Waals surface area contributed by atoms with Gasteiger partial charge in [0.05, 0.1) is 6.10 Å². The van der Waals surface area contributed by atoms with Crippen molar-refractivity contribution < 1.29 is 14.6 Å². The Labute approximate surface area is 82.5 Å². The quantitative estimate of drug-likeness (QED) is 0.323. The molecule has 80 valence electrons. The van der Waals surface area contributed by atoms with Gasteiger partial charge in [-0.1, -0.05) is 5.11 Å². The van der Waals surface area contributed by atoms with Crippen LogP contribution in [0.1, 0.15) is 27.7 Å². The van der Waals surface area contributed by atoms with Crippen LogP contribution in [-0.4, -0.2) is 28.8 Å². The van der Waals surface area contributed by atoms with E-state index >= 15 is 0 Å². The lowest BCUT2D eigenvalue weighted by molar-refractivity contribution is -0.158. The van der Waals surface area contributed by atoms with E-state index in [1.165, 1.54) is 6.92 Å². The highest BCUT2D eigenvalue weighted by Crippen LogP contribution is 2.11. The molecule has 0 aromatic carbocycles. The molecule has 1 N–H and O–H groups in total. The molecule has 0 saturated heterocycles. The molecule has 0 heterocycles. The topological polar surface area (TPSA) is 95.3 Å². The van der Waals surface area contributed by atoms with Crippen molar-refractivity contribution in [3.63, 3.8) is 0 Å². The third-order valence-electron chi connectivity index (χ3n) is 1.28. The summed E-state index contributed by atoms with van der Waals surface area (Å²) in [6.07, 6.45) is -1.05. The maximum Gasteiger partial charge on any atom is 0.318 e. The summed E-state index contributed by atoms with van der Waals surface area (Å²) in [6, 6.07) is -1.18. The highest BCUT2D eigenvalue weighted by Gasteiger charge is 2.27. The molecular weight excluding hydrogens is 186 g/mol. The molecule has 0 aromatic rings. The predicted molar refractivity (Wildman–Crippen MR) is 50.5 cm³/mol. The molecule has 2 atom stereocenters. The zero-order valence-corrected chi connectivity index (χ0v) is 8.76. The highest BCUT2D eigenvalue weighted by atomic mass is 16.6. The largest absolute Gasteiger partial charge is 0.460 e. The van der Waals surface area contributed by atoms with Crippen LogP contribution in [0.4, 0.5) is 0 Å². The van der Waals surface area contributed by atoms with Gasteiger partial charge in [-0.15, -0.1) is 0 Å². The van der Waals surface area contributed by atoms with Crippen LogP contribution in [0.5, 0.6) is 0 Å². The zero-order chi connectivity index (χ0) is 11.4. The van der Waals surface area contributed by atoms with E-state index in [1.54, 1.807) is 20.8 Å². The lowest BCUT2D eigenvalue weighted by atomic mass is 10.1. The minimum Gasteiger partial charge on any atom is -0.460 e. The van der Waals surface area contributed by atoms with Crippen molar-refractivity contribution >= 4 is 5.97 Å². The number of esters is 1. The lowest BCUT2D eigenvalue weighted by Gasteiger charge is -2.22. The maximum absolute atomic E-state index is 11.3. The third kappa shape index (κ3) is 4.69. The SMILES string of the molecule is C[C@@H](O)[C@H](N=[N+]=[N-])C(=O)OC(C)(C)C. The minimum absolute atomic E-state index is 0.658. The van der Waals surface area contributed by atoms with Gasteiger partial charge in [-0.25, -0.2) is 0 Å². The van der Waals surface area contributed by atoms with Gasteiger partial charge in [0.1, 0.15) is 5.60 Å². The minimum atomic E-state index is -1.18. The van der Waals surface area contributed by atoms with Crippen LogP contribution in [0.25, 0.3) is 10.4 Å². The zero-order valence-electron chi connectivity index (χ0n) is 8.76. The van der Waals surface area contributed by atoms with Gasteiger partial charge in [0.25, 0.3) is 0 Å². The summed E-state index contributed by atoms with van der Waals surface area (Å²) in [5, 5.41) is 12.3. The number of hydrogen-bond acceptors (Lipinski definition) is 4. The van der Waals surface area contributed by atoms with Crippen LogP contribution >= 0.6 is 0 Å². The van der Waals surface area contributed by atoms with Gasteiger partial charge in [0.15, 0.2) is 6.04 Å². The molecule has 6 heteroatoms. The Bertz CT molecular complexity index is 251. The Balaban J connectivity index is 4.54. The number of carbonyl (C=O) groups excluding carboxylic acids is 1. The molecule has 0 saturated carbocycles. The second-order valence-electron chi connectivity index (χ2n) is 3.92. The standard InChI is InChI=1S/C8H15N3O3/c1-5(12)6(10-11-9)7(13)14-8(2,3)4/h5-6,12H,1-4H3/t5-,6+/m1/s1. The van der Waals surface area contributed by atoms with Crippen LogP contribution in [0.15, 0.2) is 5.11 Å². The van der Waals surface area contributed by atoms with E-state index in [9.17, 15) is 4.79 Å². The summed E-state index contributed by atoms with van der Waals surface area (Å²) in [7, 11) is 0. The third-order valence-corrected chi connectivity index (χ3v) is 1.28. The van der Waals surface area contributed by atoms with Crippen LogP contribution in [0.2, 0.25) is 0 Å². The summed E-state index contributed by atoms with van der Waals surface area (Å²) in [5.41, 5.74) is 7.51. The highest BCUT2D eigenvalue weighted by molar-refractivity contribution is 5.77. The molecule has 0 fully saturated rings. The van der Waals surface area contributed by atoms with E-state index in [-0.39, 0.29) is 0 Å². The molecule has 0 aliphatic carbocycles. The molecule has 0 rings (SSSR count). The molecule has 0 amide bonds. The molecule has 0 spiro atoms. The molecule has 0 bridgehead atoms. The van der Waals surface area contributed by atoms with Crippen molar-refractivity contribution in [2.24, 2.45) is 5.11 Å². The van der Waals surface area contributed by atoms with Crippen LogP contribution in [0.3, 0.4) is 0 Å². The van der Waals surface area contributed by atoms with Crippen molar-refractivity contribution in [1.82, 2.24) is 0 Å². The van der Waals surface area contributed by atoms with Gasteiger partial charge >= 0.3 is 5.97 Å². The molecular formula is C8H15N3O3. The maximum atomic E-state index is 11.3. The Morgan fingerprint density at radius 1 is 1.57 bits per heavy atom. The van der Waals surface area contributed by atoms with Crippen molar-refractivity contribution in [3.05, 3.63) is 10.4 Å². The Morgan fingerprint density at radius 3 is 2.36 bits per heavy atom. The fraction of sp³-hybridized carbons (Fsp3) is 0.875. The Morgan fingerprint density at radius 2 is 2.07 bits per heavy atom. The summed E-state index contributed by atoms with van der Waals surface area (Å²) in [6.45, 7) is 6.45. The van der Waals surface area contributed by atoms with E-state index < -0.39 is 23.7 Å². The number of carbonyl (C=O) groups is 1. The second kappa shape index (κ2) is 4.83. The van der Waals surface area contributed by atoms with Gasteiger partial charge in [-0.3, -0.25) is 4.79 Å². The first-order chi connectivity index (χ1) is 6.28. The monoisotopic (exact) mass is 201 g/mol. The van der Waals surface area contributed by atoms with Gasteiger partial charge in [-0.2, -0.15) is 0 Å². The van der Waals surface area contributed by atoms with E-state index in [1.807, 2.05) is 0 Å². The number of ether oxygens (including phenoxy) is 1. The molecule has 6 nitrogen and oxygen atoms in total. The summed E-state index contributed by atoms with van der Waals surface area (Å²) in [5.74, 6) is -0.717. The summed E-state index contributed by atoms with van der Waals surface area (Å²) in [4.78, 5) is 13.8. The number of azide groups is 1. The van der Waals surface area contributed by atoms with Gasteiger partial charge < -0.3 is 9.84 Å². The van der Waals surface area contributed by atoms with E-state index in [4.69, 9.17) is 15.4 Å². The first-order valence-electron chi connectivity index (χ1n) is 4.23. The average molecular weight is 201 g/mol. The predicted octanol–water partition coefficient (Wildman–Crippen LogP) is 1.39. The van der Waals surface area contributed by atoms with E-state index in [2.05, 4.69) is 10.0 Å². The van der Waals surface area contributed by atoms with Crippen LogP contribution < -0.4 is 0 Å². The Kier molecular flexibility index (Phi) is 4.40. The lowest BCUT2D eigenvalue weighted by Crippen LogP contribution is -2.36. The van der Waals surface area contributed by atoms with Crippen molar-refractivity contribution in [2.75, 3.05) is 0 Å². The molecule has 0 aromatic heterocycles. The second-order valence-corrected chi connectivity index (χ2v) is 3.92.